The van der Waals surface area contributed by atoms with Crippen LogP contribution in [0.25, 0.3) is 0 Å². The number of nitrogens with zero attached hydrogens (tertiary/aromatic N) is 1. The fourth-order valence-corrected chi connectivity index (χ4v) is 2.03. The lowest BCUT2D eigenvalue weighted by Crippen LogP contribution is -2.60. The molecule has 0 aromatic rings. The first kappa shape index (κ1) is 12.4. The lowest BCUT2D eigenvalue weighted by molar-refractivity contribution is -0.155. The van der Waals surface area contributed by atoms with Crippen LogP contribution >= 0.6 is 0 Å². The average molecular weight is 216 g/mol. The number of piperidine rings is 1. The number of hydrogen-bond donors (Lipinski definition) is 2. The highest BCUT2D eigenvalue weighted by Gasteiger charge is 2.41. The van der Waals surface area contributed by atoms with Crippen LogP contribution in [-0.2, 0) is 9.53 Å². The minimum absolute atomic E-state index is 0.0780. The molecule has 1 heterocycles. The van der Waals surface area contributed by atoms with E-state index in [1.807, 2.05) is 4.90 Å². The monoisotopic (exact) mass is 216 g/mol. The summed E-state index contributed by atoms with van der Waals surface area (Å²) in [4.78, 5) is 13.2. The minimum atomic E-state index is -0.952. The third-order valence-electron chi connectivity index (χ3n) is 3.04. The highest BCUT2D eigenvalue weighted by Crippen LogP contribution is 2.21. The summed E-state index contributed by atoms with van der Waals surface area (Å²) in [6.07, 6.45) is 1.92. The number of aliphatic carboxylic acids is 1. The Kier molecular flexibility index (Phi) is 4.07. The van der Waals surface area contributed by atoms with Crippen LogP contribution in [0.4, 0.5) is 0 Å². The van der Waals surface area contributed by atoms with Crippen LogP contribution in [-0.4, -0.2) is 54.4 Å². The number of rotatable bonds is 4. The molecule has 0 spiro atoms. The molecule has 1 saturated heterocycles. The number of methoxy groups -OCH3 is 1. The molecule has 0 saturated carbocycles. The van der Waals surface area contributed by atoms with Crippen molar-refractivity contribution in [2.45, 2.75) is 31.3 Å². The predicted molar refractivity (Wildman–Crippen MR) is 56.7 cm³/mol. The SMILES string of the molecule is COCC(C)(C(=O)O)N1CCCC(N)C1. The average Bonchev–Trinajstić information content (AvgIpc) is 2.17. The van der Waals surface area contributed by atoms with Gasteiger partial charge < -0.3 is 15.6 Å². The van der Waals surface area contributed by atoms with Crippen LogP contribution in [0.15, 0.2) is 0 Å². The zero-order chi connectivity index (χ0) is 11.5. The number of carboxylic acids is 1. The second-order valence-corrected chi connectivity index (χ2v) is 4.36. The summed E-state index contributed by atoms with van der Waals surface area (Å²) in [6, 6.07) is 0.0780. The second-order valence-electron chi connectivity index (χ2n) is 4.36. The lowest BCUT2D eigenvalue weighted by Gasteiger charge is -2.41. The van der Waals surface area contributed by atoms with Crippen molar-refractivity contribution in [3.8, 4) is 0 Å². The van der Waals surface area contributed by atoms with Crippen molar-refractivity contribution in [2.75, 3.05) is 26.8 Å². The molecule has 0 aromatic carbocycles. The Morgan fingerprint density at radius 1 is 1.73 bits per heavy atom. The van der Waals surface area contributed by atoms with E-state index in [0.717, 1.165) is 19.4 Å². The third-order valence-corrected chi connectivity index (χ3v) is 3.04. The Morgan fingerprint density at radius 2 is 2.40 bits per heavy atom. The second kappa shape index (κ2) is 4.92. The molecule has 15 heavy (non-hydrogen) atoms. The first-order chi connectivity index (χ1) is 7.00. The first-order valence-electron chi connectivity index (χ1n) is 5.23. The van der Waals surface area contributed by atoms with Gasteiger partial charge in [0.15, 0.2) is 0 Å². The summed E-state index contributed by atoms with van der Waals surface area (Å²) in [7, 11) is 1.52. The Balaban J connectivity index is 2.74. The van der Waals surface area contributed by atoms with Crippen molar-refractivity contribution in [1.29, 1.82) is 0 Å². The van der Waals surface area contributed by atoms with Gasteiger partial charge in [0.25, 0.3) is 0 Å². The molecule has 0 aromatic heterocycles. The summed E-state index contributed by atoms with van der Waals surface area (Å²) in [5.74, 6) is -0.849. The number of carbonyl (C=O) groups is 1. The van der Waals surface area contributed by atoms with E-state index in [4.69, 9.17) is 10.5 Å². The van der Waals surface area contributed by atoms with Gasteiger partial charge >= 0.3 is 5.97 Å². The molecule has 0 bridgehead atoms. The first-order valence-corrected chi connectivity index (χ1v) is 5.23. The highest BCUT2D eigenvalue weighted by molar-refractivity contribution is 5.78. The van der Waals surface area contributed by atoms with Gasteiger partial charge in [-0.15, -0.1) is 0 Å². The molecule has 0 aliphatic carbocycles. The van der Waals surface area contributed by atoms with Gasteiger partial charge in [-0.2, -0.15) is 0 Å². The third kappa shape index (κ3) is 2.68. The van der Waals surface area contributed by atoms with Gasteiger partial charge in [-0.05, 0) is 26.3 Å². The standard InChI is InChI=1S/C10H20N2O3/c1-10(7-15-2,9(13)14)12-5-3-4-8(11)6-12/h8H,3-7,11H2,1-2H3,(H,13,14). The quantitative estimate of drug-likeness (QED) is 0.686. The van der Waals surface area contributed by atoms with E-state index >= 15 is 0 Å². The number of nitrogens with two attached hydrogens (primary N) is 1. The molecule has 1 aliphatic rings. The number of likely N-dealkylation sites (tertiary alicyclic amines) is 1. The molecule has 2 atom stereocenters. The molecule has 1 rings (SSSR count). The summed E-state index contributed by atoms with van der Waals surface area (Å²) >= 11 is 0. The Morgan fingerprint density at radius 3 is 2.87 bits per heavy atom. The van der Waals surface area contributed by atoms with Crippen molar-refractivity contribution in [3.05, 3.63) is 0 Å². The molecule has 0 radical (unpaired) electrons. The summed E-state index contributed by atoms with van der Waals surface area (Å²) in [6.45, 7) is 3.29. The van der Waals surface area contributed by atoms with E-state index in [1.165, 1.54) is 7.11 Å². The molecular formula is C10H20N2O3. The number of hydrogen-bond acceptors (Lipinski definition) is 4. The molecule has 0 amide bonds. The Bertz CT molecular complexity index is 235. The van der Waals surface area contributed by atoms with Crippen molar-refractivity contribution in [3.63, 3.8) is 0 Å². The van der Waals surface area contributed by atoms with Gasteiger partial charge in [0.05, 0.1) is 6.61 Å². The highest BCUT2D eigenvalue weighted by atomic mass is 16.5. The number of ether oxygens (including phenoxy) is 1. The van der Waals surface area contributed by atoms with Crippen molar-refractivity contribution in [2.24, 2.45) is 5.73 Å². The predicted octanol–water partition coefficient (Wildman–Crippen LogP) is -0.101. The van der Waals surface area contributed by atoms with Gasteiger partial charge in [0, 0.05) is 19.7 Å². The zero-order valence-electron chi connectivity index (χ0n) is 9.40. The van der Waals surface area contributed by atoms with Crippen LogP contribution in [0, 0.1) is 0 Å². The molecule has 5 nitrogen and oxygen atoms in total. The summed E-state index contributed by atoms with van der Waals surface area (Å²) in [5.41, 5.74) is 4.89. The normalized spacial score (nSPS) is 27.3. The van der Waals surface area contributed by atoms with E-state index in [2.05, 4.69) is 0 Å². The molecular weight excluding hydrogens is 196 g/mol. The molecule has 88 valence electrons. The Labute approximate surface area is 90.2 Å². The molecule has 1 fully saturated rings. The van der Waals surface area contributed by atoms with Crippen LogP contribution in [0.3, 0.4) is 0 Å². The van der Waals surface area contributed by atoms with Gasteiger partial charge in [-0.25, -0.2) is 0 Å². The zero-order valence-corrected chi connectivity index (χ0v) is 9.40. The van der Waals surface area contributed by atoms with E-state index in [-0.39, 0.29) is 12.6 Å². The number of carboxylic acid groups (broad SMARTS) is 1. The maximum Gasteiger partial charge on any atom is 0.326 e. The van der Waals surface area contributed by atoms with Gasteiger partial charge in [-0.3, -0.25) is 9.69 Å². The molecule has 2 unspecified atom stereocenters. The van der Waals surface area contributed by atoms with Crippen LogP contribution < -0.4 is 5.73 Å². The fourth-order valence-electron chi connectivity index (χ4n) is 2.03. The molecule has 3 N–H and O–H groups in total. The van der Waals surface area contributed by atoms with E-state index < -0.39 is 11.5 Å². The van der Waals surface area contributed by atoms with E-state index in [0.29, 0.717) is 6.54 Å². The van der Waals surface area contributed by atoms with Crippen molar-refractivity contribution >= 4 is 5.97 Å². The largest absolute Gasteiger partial charge is 0.480 e. The van der Waals surface area contributed by atoms with E-state index in [1.54, 1.807) is 6.92 Å². The van der Waals surface area contributed by atoms with Gasteiger partial charge in [0.1, 0.15) is 5.54 Å². The minimum Gasteiger partial charge on any atom is -0.480 e. The summed E-state index contributed by atoms with van der Waals surface area (Å²) in [5, 5.41) is 9.24. The van der Waals surface area contributed by atoms with Crippen molar-refractivity contribution in [1.82, 2.24) is 4.90 Å². The molecule has 1 aliphatic heterocycles. The lowest BCUT2D eigenvalue weighted by atomic mass is 9.96. The van der Waals surface area contributed by atoms with Crippen LogP contribution in [0.1, 0.15) is 19.8 Å². The summed E-state index contributed by atoms with van der Waals surface area (Å²) < 4.78 is 4.99. The topological polar surface area (TPSA) is 75.8 Å². The fraction of sp³-hybridized carbons (Fsp3) is 0.900. The smallest absolute Gasteiger partial charge is 0.326 e. The van der Waals surface area contributed by atoms with Crippen LogP contribution in [0.2, 0.25) is 0 Å². The van der Waals surface area contributed by atoms with Crippen molar-refractivity contribution < 1.29 is 14.6 Å². The van der Waals surface area contributed by atoms with E-state index in [9.17, 15) is 9.90 Å². The molecule has 5 heteroatoms. The maximum absolute atomic E-state index is 11.3. The Hall–Kier alpha value is -0.650. The van der Waals surface area contributed by atoms with Gasteiger partial charge in [0.2, 0.25) is 0 Å². The van der Waals surface area contributed by atoms with Crippen LogP contribution in [0.5, 0.6) is 0 Å². The maximum atomic E-state index is 11.3. The van der Waals surface area contributed by atoms with Gasteiger partial charge in [-0.1, -0.05) is 0 Å².